The van der Waals surface area contributed by atoms with Crippen molar-refractivity contribution in [2.75, 3.05) is 4.90 Å². The maximum Gasteiger partial charge on any atom is 0.231 e. The number of allylic oxidation sites excluding steroid dienone is 1. The number of hydrogen-bond donors (Lipinski definition) is 0. The van der Waals surface area contributed by atoms with E-state index in [-0.39, 0.29) is 12.3 Å². The SMILES string of the molecule is CCC1=C(C=O)CC(=O)N(Cc2ccc(C)c(C)c2)c2ccccc21. The van der Waals surface area contributed by atoms with Gasteiger partial charge < -0.3 is 4.90 Å². The zero-order valence-electron chi connectivity index (χ0n) is 15.0. The van der Waals surface area contributed by atoms with Crippen molar-refractivity contribution in [1.82, 2.24) is 0 Å². The Morgan fingerprint density at radius 1 is 1.08 bits per heavy atom. The summed E-state index contributed by atoms with van der Waals surface area (Å²) < 4.78 is 0. The Bertz CT molecular complexity index is 864. The number of carbonyl (C=O) groups is 2. The highest BCUT2D eigenvalue weighted by Crippen LogP contribution is 2.36. The van der Waals surface area contributed by atoms with Gasteiger partial charge in [-0.3, -0.25) is 9.59 Å². The molecule has 2 aromatic rings. The van der Waals surface area contributed by atoms with Crippen LogP contribution in [-0.4, -0.2) is 12.2 Å². The largest absolute Gasteiger partial charge is 0.307 e. The lowest BCUT2D eigenvalue weighted by molar-refractivity contribution is -0.118. The molecule has 0 fully saturated rings. The van der Waals surface area contributed by atoms with Gasteiger partial charge >= 0.3 is 0 Å². The monoisotopic (exact) mass is 333 g/mol. The minimum absolute atomic E-state index is 0.0313. The Hall–Kier alpha value is -2.68. The van der Waals surface area contributed by atoms with Crippen LogP contribution in [0.25, 0.3) is 5.57 Å². The topological polar surface area (TPSA) is 37.4 Å². The highest BCUT2D eigenvalue weighted by Gasteiger charge is 2.26. The Kier molecular flexibility index (Phi) is 4.84. The molecule has 3 nitrogen and oxygen atoms in total. The normalized spacial score (nSPS) is 14.4. The van der Waals surface area contributed by atoms with Crippen molar-refractivity contribution in [2.24, 2.45) is 0 Å². The van der Waals surface area contributed by atoms with E-state index in [4.69, 9.17) is 0 Å². The number of hydrogen-bond acceptors (Lipinski definition) is 2. The molecule has 1 heterocycles. The van der Waals surface area contributed by atoms with E-state index >= 15 is 0 Å². The second-order valence-corrected chi connectivity index (χ2v) is 6.57. The van der Waals surface area contributed by atoms with Gasteiger partial charge in [0, 0.05) is 11.1 Å². The average molecular weight is 333 g/mol. The van der Waals surface area contributed by atoms with Gasteiger partial charge in [-0.05, 0) is 48.6 Å². The first-order chi connectivity index (χ1) is 12.0. The molecule has 128 valence electrons. The summed E-state index contributed by atoms with van der Waals surface area (Å²) in [6, 6.07) is 14.2. The van der Waals surface area contributed by atoms with E-state index in [2.05, 4.69) is 32.0 Å². The molecule has 0 saturated carbocycles. The zero-order chi connectivity index (χ0) is 18.0. The molecule has 0 bridgehead atoms. The van der Waals surface area contributed by atoms with Gasteiger partial charge in [-0.15, -0.1) is 0 Å². The molecule has 0 spiro atoms. The highest BCUT2D eigenvalue weighted by molar-refractivity contribution is 6.06. The van der Waals surface area contributed by atoms with Crippen molar-refractivity contribution >= 4 is 23.5 Å². The predicted octanol–water partition coefficient (Wildman–Crippen LogP) is 4.60. The third-order valence-corrected chi connectivity index (χ3v) is 4.96. The van der Waals surface area contributed by atoms with Crippen molar-refractivity contribution in [3.05, 3.63) is 70.3 Å². The number of nitrogens with zero attached hydrogens (tertiary/aromatic N) is 1. The molecule has 3 rings (SSSR count). The van der Waals surface area contributed by atoms with E-state index in [1.54, 1.807) is 0 Å². The third-order valence-electron chi connectivity index (χ3n) is 4.96. The molecule has 0 N–H and O–H groups in total. The lowest BCUT2D eigenvalue weighted by Gasteiger charge is -2.24. The van der Waals surface area contributed by atoms with Gasteiger partial charge in [0.05, 0.1) is 18.7 Å². The molecule has 0 saturated heterocycles. The van der Waals surface area contributed by atoms with Gasteiger partial charge in [0.2, 0.25) is 5.91 Å². The smallest absolute Gasteiger partial charge is 0.231 e. The zero-order valence-corrected chi connectivity index (χ0v) is 15.0. The molecule has 0 atom stereocenters. The van der Waals surface area contributed by atoms with Crippen molar-refractivity contribution in [3.8, 4) is 0 Å². The first-order valence-corrected chi connectivity index (χ1v) is 8.68. The van der Waals surface area contributed by atoms with Crippen molar-refractivity contribution in [2.45, 2.75) is 40.2 Å². The van der Waals surface area contributed by atoms with Crippen molar-refractivity contribution in [1.29, 1.82) is 0 Å². The fourth-order valence-electron chi connectivity index (χ4n) is 3.42. The summed E-state index contributed by atoms with van der Waals surface area (Å²) in [5, 5.41) is 0. The number of para-hydroxylation sites is 1. The van der Waals surface area contributed by atoms with Crippen LogP contribution in [0.5, 0.6) is 0 Å². The Labute approximate surface area is 149 Å². The highest BCUT2D eigenvalue weighted by atomic mass is 16.2. The third kappa shape index (κ3) is 3.27. The van der Waals surface area contributed by atoms with Crippen molar-refractivity contribution < 1.29 is 9.59 Å². The molecule has 0 unspecified atom stereocenters. The fourth-order valence-corrected chi connectivity index (χ4v) is 3.42. The number of aryl methyl sites for hydroxylation is 2. The van der Waals surface area contributed by atoms with E-state index < -0.39 is 0 Å². The number of rotatable bonds is 4. The van der Waals surface area contributed by atoms with Crippen LogP contribution >= 0.6 is 0 Å². The summed E-state index contributed by atoms with van der Waals surface area (Å²) in [6.45, 7) is 6.71. The molecule has 0 aliphatic carbocycles. The van der Waals surface area contributed by atoms with Gasteiger partial charge in [-0.25, -0.2) is 0 Å². The Balaban J connectivity index is 2.07. The molecule has 25 heavy (non-hydrogen) atoms. The van der Waals surface area contributed by atoms with Crippen LogP contribution in [0, 0.1) is 13.8 Å². The van der Waals surface area contributed by atoms with Gasteiger partial charge in [-0.2, -0.15) is 0 Å². The number of fused-ring (bicyclic) bond motifs is 1. The maximum absolute atomic E-state index is 12.9. The summed E-state index contributed by atoms with van der Waals surface area (Å²) in [5.41, 5.74) is 7.00. The summed E-state index contributed by atoms with van der Waals surface area (Å²) >= 11 is 0. The number of benzene rings is 2. The Morgan fingerprint density at radius 3 is 2.52 bits per heavy atom. The summed E-state index contributed by atoms with van der Waals surface area (Å²) in [7, 11) is 0. The Morgan fingerprint density at radius 2 is 1.84 bits per heavy atom. The first kappa shape index (κ1) is 17.2. The molecule has 2 aromatic carbocycles. The second kappa shape index (κ2) is 7.06. The fraction of sp³-hybridized carbons (Fsp3) is 0.273. The molecular weight excluding hydrogens is 310 g/mol. The number of carbonyl (C=O) groups excluding carboxylic acids is 2. The lowest BCUT2D eigenvalue weighted by Crippen LogP contribution is -2.30. The number of amides is 1. The van der Waals surface area contributed by atoms with Crippen molar-refractivity contribution in [3.63, 3.8) is 0 Å². The summed E-state index contributed by atoms with van der Waals surface area (Å²) in [6.07, 6.45) is 1.73. The van der Waals surface area contributed by atoms with Gasteiger partial charge in [-0.1, -0.05) is 43.3 Å². The predicted molar refractivity (Wildman–Crippen MR) is 101 cm³/mol. The number of anilines is 1. The summed E-state index contributed by atoms with van der Waals surface area (Å²) in [4.78, 5) is 26.3. The van der Waals surface area contributed by atoms with Gasteiger partial charge in [0.15, 0.2) is 0 Å². The van der Waals surface area contributed by atoms with E-state index in [1.165, 1.54) is 11.1 Å². The van der Waals surface area contributed by atoms with E-state index in [1.807, 2.05) is 36.1 Å². The van der Waals surface area contributed by atoms with Crippen LogP contribution in [0.3, 0.4) is 0 Å². The maximum atomic E-state index is 12.9. The molecule has 3 heteroatoms. The quantitative estimate of drug-likeness (QED) is 0.767. The average Bonchev–Trinajstić information content (AvgIpc) is 2.73. The number of aldehydes is 1. The van der Waals surface area contributed by atoms with Crippen LogP contribution in [-0.2, 0) is 16.1 Å². The minimum atomic E-state index is -0.0313. The van der Waals surface area contributed by atoms with Gasteiger partial charge in [0.25, 0.3) is 0 Å². The standard InChI is InChI=1S/C22H23NO2/c1-4-19-18(14-24)12-22(25)23(21-8-6-5-7-20(19)21)13-17-10-9-15(2)16(3)11-17/h5-11,14H,4,12-13H2,1-3H3. The lowest BCUT2D eigenvalue weighted by atomic mass is 9.96. The molecule has 0 radical (unpaired) electrons. The van der Waals surface area contributed by atoms with Crippen LogP contribution in [0.1, 0.15) is 42.0 Å². The molecule has 1 aliphatic heterocycles. The first-order valence-electron chi connectivity index (χ1n) is 8.68. The second-order valence-electron chi connectivity index (χ2n) is 6.57. The van der Waals surface area contributed by atoms with Crippen LogP contribution in [0.15, 0.2) is 48.0 Å². The molecule has 1 amide bonds. The van der Waals surface area contributed by atoms with Crippen LogP contribution in [0.2, 0.25) is 0 Å². The van der Waals surface area contributed by atoms with E-state index in [9.17, 15) is 9.59 Å². The summed E-state index contributed by atoms with van der Waals surface area (Å²) in [5.74, 6) is -0.0313. The van der Waals surface area contributed by atoms with E-state index in [0.717, 1.165) is 35.1 Å². The molecule has 1 aliphatic rings. The minimum Gasteiger partial charge on any atom is -0.307 e. The molecule has 0 aromatic heterocycles. The van der Waals surface area contributed by atoms with Crippen LogP contribution < -0.4 is 4.90 Å². The van der Waals surface area contributed by atoms with Gasteiger partial charge in [0.1, 0.15) is 6.29 Å². The van der Waals surface area contributed by atoms with E-state index in [0.29, 0.717) is 12.1 Å². The molecular formula is C22H23NO2. The van der Waals surface area contributed by atoms with Crippen LogP contribution in [0.4, 0.5) is 5.69 Å².